The second-order valence-corrected chi connectivity index (χ2v) is 6.93. The third kappa shape index (κ3) is 5.87. The molecule has 0 saturated carbocycles. The van der Waals surface area contributed by atoms with Crippen molar-refractivity contribution in [1.29, 1.82) is 0 Å². The number of nitrogens with zero attached hydrogens (tertiary/aromatic N) is 1. The number of amides is 1. The number of hydrogen-bond donors (Lipinski definition) is 0. The third-order valence-electron chi connectivity index (χ3n) is 4.55. The number of hydrogen-bond acceptors (Lipinski definition) is 1. The first-order chi connectivity index (χ1) is 14.5. The summed E-state index contributed by atoms with van der Waals surface area (Å²) in [6.07, 6.45) is -10.1. The van der Waals surface area contributed by atoms with E-state index < -0.39 is 35.0 Å². The van der Waals surface area contributed by atoms with E-state index in [1.54, 1.807) is 60.7 Å². The van der Waals surface area contributed by atoms with Crippen molar-refractivity contribution in [2.24, 2.45) is 0 Å². The standard InChI is InChI=1S/C23H17F6NO/c24-22(25,26)19-11-18(12-20(13-19)23(27,28)29)21(31)30(14-16-7-3-1-4-8-16)15-17-9-5-2-6-10-17/h1-13H,14-15H2. The van der Waals surface area contributed by atoms with Crippen LogP contribution in [0.15, 0.2) is 78.9 Å². The van der Waals surface area contributed by atoms with E-state index in [0.29, 0.717) is 23.3 Å². The fourth-order valence-electron chi connectivity index (χ4n) is 3.07. The predicted molar refractivity (Wildman–Crippen MR) is 103 cm³/mol. The van der Waals surface area contributed by atoms with Gasteiger partial charge in [0.15, 0.2) is 0 Å². The maximum atomic E-state index is 13.2. The van der Waals surface area contributed by atoms with Crippen LogP contribution in [0.2, 0.25) is 0 Å². The first kappa shape index (κ1) is 22.4. The Hall–Kier alpha value is -3.29. The molecule has 3 rings (SSSR count). The Morgan fingerprint density at radius 2 is 1.03 bits per heavy atom. The lowest BCUT2D eigenvalue weighted by Gasteiger charge is -2.24. The van der Waals surface area contributed by atoms with Crippen LogP contribution < -0.4 is 0 Å². The van der Waals surface area contributed by atoms with Crippen LogP contribution in [-0.4, -0.2) is 10.8 Å². The van der Waals surface area contributed by atoms with Crippen LogP contribution in [0.25, 0.3) is 0 Å². The van der Waals surface area contributed by atoms with Crippen LogP contribution in [0.4, 0.5) is 26.3 Å². The van der Waals surface area contributed by atoms with Gasteiger partial charge in [-0.1, -0.05) is 60.7 Å². The topological polar surface area (TPSA) is 20.3 Å². The smallest absolute Gasteiger partial charge is 0.330 e. The third-order valence-corrected chi connectivity index (χ3v) is 4.55. The average molecular weight is 437 g/mol. The molecule has 31 heavy (non-hydrogen) atoms. The Labute approximate surface area is 174 Å². The highest BCUT2D eigenvalue weighted by Gasteiger charge is 2.38. The Balaban J connectivity index is 2.03. The van der Waals surface area contributed by atoms with E-state index in [9.17, 15) is 31.1 Å². The van der Waals surface area contributed by atoms with Gasteiger partial charge in [0, 0.05) is 18.7 Å². The van der Waals surface area contributed by atoms with Gasteiger partial charge in [-0.3, -0.25) is 4.79 Å². The number of halogens is 6. The molecule has 0 unspecified atom stereocenters. The molecule has 8 heteroatoms. The maximum Gasteiger partial charge on any atom is 0.416 e. The van der Waals surface area contributed by atoms with Gasteiger partial charge in [0.2, 0.25) is 0 Å². The summed E-state index contributed by atoms with van der Waals surface area (Å²) < 4.78 is 79.2. The van der Waals surface area contributed by atoms with E-state index in [0.717, 1.165) is 0 Å². The lowest BCUT2D eigenvalue weighted by molar-refractivity contribution is -0.143. The van der Waals surface area contributed by atoms with Crippen molar-refractivity contribution in [2.75, 3.05) is 0 Å². The quantitative estimate of drug-likeness (QED) is 0.414. The number of rotatable bonds is 5. The molecule has 0 N–H and O–H groups in total. The van der Waals surface area contributed by atoms with Crippen LogP contribution >= 0.6 is 0 Å². The van der Waals surface area contributed by atoms with Gasteiger partial charge in [0.05, 0.1) is 11.1 Å². The number of alkyl halides is 6. The van der Waals surface area contributed by atoms with Crippen molar-refractivity contribution < 1.29 is 31.1 Å². The summed E-state index contributed by atoms with van der Waals surface area (Å²) in [7, 11) is 0. The van der Waals surface area contributed by atoms with Gasteiger partial charge in [0.1, 0.15) is 0 Å². The summed E-state index contributed by atoms with van der Waals surface area (Å²) >= 11 is 0. The summed E-state index contributed by atoms with van der Waals surface area (Å²) in [6, 6.07) is 18.2. The SMILES string of the molecule is O=C(c1cc(C(F)(F)F)cc(C(F)(F)F)c1)N(Cc1ccccc1)Cc1ccccc1. The van der Waals surface area contributed by atoms with Crippen LogP contribution in [0.1, 0.15) is 32.6 Å². The van der Waals surface area contributed by atoms with Gasteiger partial charge in [0.25, 0.3) is 5.91 Å². The zero-order valence-electron chi connectivity index (χ0n) is 16.0. The molecule has 0 heterocycles. The van der Waals surface area contributed by atoms with Crippen molar-refractivity contribution in [3.8, 4) is 0 Å². The molecule has 3 aromatic rings. The Bertz CT molecular complexity index is 956. The molecule has 0 aliphatic rings. The minimum Gasteiger partial charge on any atom is -0.330 e. The fraction of sp³-hybridized carbons (Fsp3) is 0.174. The van der Waals surface area contributed by atoms with Gasteiger partial charge in [-0.25, -0.2) is 0 Å². The zero-order valence-corrected chi connectivity index (χ0v) is 16.0. The molecule has 0 aromatic heterocycles. The van der Waals surface area contributed by atoms with Crippen LogP contribution in [0.3, 0.4) is 0 Å². The molecule has 0 aliphatic heterocycles. The van der Waals surface area contributed by atoms with E-state index in [1.807, 2.05) is 0 Å². The van der Waals surface area contributed by atoms with Crippen molar-refractivity contribution in [1.82, 2.24) is 4.90 Å². The maximum absolute atomic E-state index is 13.2. The second kappa shape index (κ2) is 8.83. The van der Waals surface area contributed by atoms with E-state index in [2.05, 4.69) is 0 Å². The highest BCUT2D eigenvalue weighted by Crippen LogP contribution is 2.36. The highest BCUT2D eigenvalue weighted by molar-refractivity contribution is 5.94. The highest BCUT2D eigenvalue weighted by atomic mass is 19.4. The zero-order chi connectivity index (χ0) is 22.6. The molecule has 0 aliphatic carbocycles. The van der Waals surface area contributed by atoms with Gasteiger partial charge >= 0.3 is 12.4 Å². The monoisotopic (exact) mass is 437 g/mol. The Morgan fingerprint density at radius 3 is 1.39 bits per heavy atom. The fourth-order valence-corrected chi connectivity index (χ4v) is 3.07. The van der Waals surface area contributed by atoms with Gasteiger partial charge in [-0.15, -0.1) is 0 Å². The van der Waals surface area contributed by atoms with E-state index in [4.69, 9.17) is 0 Å². The number of carbonyl (C=O) groups excluding carboxylic acids is 1. The molecule has 0 atom stereocenters. The summed E-state index contributed by atoms with van der Waals surface area (Å²) in [5.41, 5.74) is -2.34. The van der Waals surface area contributed by atoms with Crippen molar-refractivity contribution in [3.05, 3.63) is 107 Å². The molecule has 0 saturated heterocycles. The molecular formula is C23H17F6NO. The van der Waals surface area contributed by atoms with Crippen LogP contribution in [0, 0.1) is 0 Å². The molecule has 0 fully saturated rings. The van der Waals surface area contributed by atoms with E-state index in [-0.39, 0.29) is 19.2 Å². The first-order valence-electron chi connectivity index (χ1n) is 9.20. The number of carbonyl (C=O) groups is 1. The van der Waals surface area contributed by atoms with Crippen molar-refractivity contribution in [3.63, 3.8) is 0 Å². The van der Waals surface area contributed by atoms with Crippen molar-refractivity contribution >= 4 is 5.91 Å². The minimum absolute atomic E-state index is 0.00944. The normalized spacial score (nSPS) is 11.9. The molecule has 1 amide bonds. The molecular weight excluding hydrogens is 420 g/mol. The lowest BCUT2D eigenvalue weighted by atomic mass is 10.0. The molecule has 0 bridgehead atoms. The predicted octanol–water partition coefficient (Wildman–Crippen LogP) is 6.57. The molecule has 162 valence electrons. The minimum atomic E-state index is -5.03. The lowest BCUT2D eigenvalue weighted by Crippen LogP contribution is -2.30. The Kier molecular flexibility index (Phi) is 6.38. The summed E-state index contributed by atoms with van der Waals surface area (Å²) in [5, 5.41) is 0. The summed E-state index contributed by atoms with van der Waals surface area (Å²) in [4.78, 5) is 14.3. The first-order valence-corrected chi connectivity index (χ1v) is 9.20. The van der Waals surface area contributed by atoms with Gasteiger partial charge in [-0.2, -0.15) is 26.3 Å². The van der Waals surface area contributed by atoms with Gasteiger partial charge in [-0.05, 0) is 29.3 Å². The molecule has 0 radical (unpaired) electrons. The van der Waals surface area contributed by atoms with E-state index in [1.165, 1.54) is 4.90 Å². The molecule has 0 spiro atoms. The molecule has 2 nitrogen and oxygen atoms in total. The van der Waals surface area contributed by atoms with Gasteiger partial charge < -0.3 is 4.90 Å². The number of benzene rings is 3. The van der Waals surface area contributed by atoms with Crippen LogP contribution in [-0.2, 0) is 25.4 Å². The second-order valence-electron chi connectivity index (χ2n) is 6.93. The largest absolute Gasteiger partial charge is 0.416 e. The van der Waals surface area contributed by atoms with Crippen LogP contribution in [0.5, 0.6) is 0 Å². The molecule has 3 aromatic carbocycles. The summed E-state index contributed by atoms with van der Waals surface area (Å²) in [6.45, 7) is 0.0400. The summed E-state index contributed by atoms with van der Waals surface area (Å²) in [5.74, 6) is -0.927. The average Bonchev–Trinajstić information content (AvgIpc) is 2.72. The van der Waals surface area contributed by atoms with E-state index >= 15 is 0 Å². The Morgan fingerprint density at radius 1 is 0.645 bits per heavy atom. The van der Waals surface area contributed by atoms with Crippen molar-refractivity contribution in [2.45, 2.75) is 25.4 Å².